The second kappa shape index (κ2) is 6.99. The molecule has 2 aromatic rings. The molecule has 8 heteroatoms. The molecule has 0 aliphatic carbocycles. The van der Waals surface area contributed by atoms with Crippen LogP contribution in [0.15, 0.2) is 12.1 Å². The SMILES string of the molecule is CNC(=O)NCCc1c(C(=O)NC)[nH]c2cc(F)c(OC)cc12. The third-order valence-corrected chi connectivity index (χ3v) is 3.52. The van der Waals surface area contributed by atoms with Crippen molar-refractivity contribution < 1.29 is 18.7 Å². The quantitative estimate of drug-likeness (QED) is 0.665. The summed E-state index contributed by atoms with van der Waals surface area (Å²) >= 11 is 0. The standard InChI is InChI=1S/C15H19FN4O3/c1-17-14(21)13-8(4-5-19-15(22)18-2)9-6-12(23-3)10(16)7-11(9)20-13/h6-7,20H,4-5H2,1-3H3,(H,17,21)(H2,18,19,22). The number of carbonyl (C=O) groups is 2. The van der Waals surface area contributed by atoms with E-state index < -0.39 is 5.82 Å². The van der Waals surface area contributed by atoms with Crippen LogP contribution < -0.4 is 20.7 Å². The van der Waals surface area contributed by atoms with Gasteiger partial charge in [0, 0.05) is 37.6 Å². The summed E-state index contributed by atoms with van der Waals surface area (Å²) in [5.74, 6) is -0.726. The highest BCUT2D eigenvalue weighted by atomic mass is 19.1. The first-order valence-electron chi connectivity index (χ1n) is 7.07. The van der Waals surface area contributed by atoms with Gasteiger partial charge < -0.3 is 25.7 Å². The molecule has 0 bridgehead atoms. The lowest BCUT2D eigenvalue weighted by atomic mass is 10.1. The molecular formula is C15H19FN4O3. The van der Waals surface area contributed by atoms with Gasteiger partial charge >= 0.3 is 6.03 Å². The van der Waals surface area contributed by atoms with Crippen LogP contribution in [0.4, 0.5) is 9.18 Å². The Hall–Kier alpha value is -2.77. The molecule has 0 aliphatic heterocycles. The Balaban J connectivity index is 2.44. The highest BCUT2D eigenvalue weighted by molar-refractivity contribution is 6.01. The number of nitrogens with one attached hydrogen (secondary N) is 4. The van der Waals surface area contributed by atoms with E-state index in [-0.39, 0.29) is 17.7 Å². The molecule has 1 heterocycles. The van der Waals surface area contributed by atoms with Crippen molar-refractivity contribution in [1.29, 1.82) is 0 Å². The van der Waals surface area contributed by atoms with Crippen LogP contribution in [0.5, 0.6) is 5.75 Å². The summed E-state index contributed by atoms with van der Waals surface area (Å²) in [7, 11) is 4.41. The molecule has 3 amide bonds. The van der Waals surface area contributed by atoms with Crippen LogP contribution >= 0.6 is 0 Å². The minimum atomic E-state index is -0.514. The maximum Gasteiger partial charge on any atom is 0.314 e. The Morgan fingerprint density at radius 3 is 2.61 bits per heavy atom. The van der Waals surface area contributed by atoms with Gasteiger partial charge in [0.25, 0.3) is 5.91 Å². The van der Waals surface area contributed by atoms with Gasteiger partial charge in [-0.25, -0.2) is 9.18 Å². The van der Waals surface area contributed by atoms with Crippen molar-refractivity contribution in [3.63, 3.8) is 0 Å². The number of hydrogen-bond donors (Lipinski definition) is 4. The van der Waals surface area contributed by atoms with Gasteiger partial charge in [0.15, 0.2) is 11.6 Å². The second-order valence-corrected chi connectivity index (χ2v) is 4.85. The molecule has 4 N–H and O–H groups in total. The van der Waals surface area contributed by atoms with Crippen molar-refractivity contribution in [3.05, 3.63) is 29.2 Å². The van der Waals surface area contributed by atoms with Gasteiger partial charge in [0.1, 0.15) is 5.69 Å². The zero-order valence-corrected chi connectivity index (χ0v) is 13.2. The maximum absolute atomic E-state index is 13.8. The fourth-order valence-electron chi connectivity index (χ4n) is 2.38. The number of aromatic amines is 1. The predicted octanol–water partition coefficient (Wildman–Crippen LogP) is 1.15. The molecule has 0 fully saturated rings. The van der Waals surface area contributed by atoms with Crippen LogP contribution in [0.1, 0.15) is 16.1 Å². The van der Waals surface area contributed by atoms with Crippen LogP contribution in [0.3, 0.4) is 0 Å². The Labute approximate surface area is 132 Å². The van der Waals surface area contributed by atoms with Crippen molar-refractivity contribution in [2.24, 2.45) is 0 Å². The van der Waals surface area contributed by atoms with Gasteiger partial charge in [-0.2, -0.15) is 0 Å². The van der Waals surface area contributed by atoms with Gasteiger partial charge in [-0.3, -0.25) is 4.79 Å². The predicted molar refractivity (Wildman–Crippen MR) is 84.4 cm³/mol. The number of urea groups is 1. The monoisotopic (exact) mass is 322 g/mol. The van der Waals surface area contributed by atoms with E-state index in [1.807, 2.05) is 0 Å². The number of aromatic nitrogens is 1. The number of carbonyl (C=O) groups excluding carboxylic acids is 2. The van der Waals surface area contributed by atoms with Crippen molar-refractivity contribution in [1.82, 2.24) is 20.9 Å². The summed E-state index contributed by atoms with van der Waals surface area (Å²) in [6, 6.07) is 2.52. The van der Waals surface area contributed by atoms with Gasteiger partial charge in [-0.1, -0.05) is 0 Å². The molecule has 7 nitrogen and oxygen atoms in total. The van der Waals surface area contributed by atoms with Gasteiger partial charge in [0.05, 0.1) is 7.11 Å². The lowest BCUT2D eigenvalue weighted by Crippen LogP contribution is -2.34. The minimum absolute atomic E-state index is 0.0977. The summed E-state index contributed by atoms with van der Waals surface area (Å²) in [4.78, 5) is 26.2. The first-order valence-corrected chi connectivity index (χ1v) is 7.07. The summed E-state index contributed by atoms with van der Waals surface area (Å²) in [6.45, 7) is 0.330. The van der Waals surface area contributed by atoms with Crippen molar-refractivity contribution in [2.45, 2.75) is 6.42 Å². The second-order valence-electron chi connectivity index (χ2n) is 4.85. The fraction of sp³-hybridized carbons (Fsp3) is 0.333. The van der Waals surface area contributed by atoms with Crippen LogP contribution in [0.2, 0.25) is 0 Å². The number of halogens is 1. The van der Waals surface area contributed by atoms with E-state index in [4.69, 9.17) is 4.74 Å². The smallest absolute Gasteiger partial charge is 0.314 e. The summed E-state index contributed by atoms with van der Waals surface area (Å²) in [5, 5.41) is 8.33. The lowest BCUT2D eigenvalue weighted by molar-refractivity contribution is 0.0958. The molecule has 0 saturated heterocycles. The Morgan fingerprint density at radius 2 is 2.00 bits per heavy atom. The number of methoxy groups -OCH3 is 1. The van der Waals surface area contributed by atoms with Gasteiger partial charge in [-0.05, 0) is 18.1 Å². The van der Waals surface area contributed by atoms with Crippen LogP contribution in [-0.2, 0) is 6.42 Å². The molecule has 124 valence electrons. The number of fused-ring (bicyclic) bond motifs is 1. The number of hydrogen-bond acceptors (Lipinski definition) is 3. The molecule has 0 radical (unpaired) electrons. The maximum atomic E-state index is 13.8. The Bertz CT molecular complexity index is 742. The Kier molecular flexibility index (Phi) is 5.05. The zero-order chi connectivity index (χ0) is 17.0. The van der Waals surface area contributed by atoms with Crippen molar-refractivity contribution >= 4 is 22.8 Å². The van der Waals surface area contributed by atoms with E-state index >= 15 is 0 Å². The molecular weight excluding hydrogens is 303 g/mol. The van der Waals surface area contributed by atoms with Crippen LogP contribution in [0.25, 0.3) is 10.9 Å². The van der Waals surface area contributed by atoms with E-state index in [1.165, 1.54) is 27.3 Å². The largest absolute Gasteiger partial charge is 0.494 e. The normalized spacial score (nSPS) is 10.4. The third-order valence-electron chi connectivity index (χ3n) is 3.52. The first-order chi connectivity index (χ1) is 11.0. The highest BCUT2D eigenvalue weighted by Gasteiger charge is 2.19. The van der Waals surface area contributed by atoms with E-state index in [9.17, 15) is 14.0 Å². The molecule has 0 atom stereocenters. The molecule has 1 aromatic heterocycles. The van der Waals surface area contributed by atoms with Crippen molar-refractivity contribution in [2.75, 3.05) is 27.7 Å². The lowest BCUT2D eigenvalue weighted by Gasteiger charge is -2.07. The third kappa shape index (κ3) is 3.36. The minimum Gasteiger partial charge on any atom is -0.494 e. The van der Waals surface area contributed by atoms with Crippen molar-refractivity contribution in [3.8, 4) is 5.75 Å². The molecule has 0 spiro atoms. The number of amides is 3. The fourth-order valence-corrected chi connectivity index (χ4v) is 2.38. The number of benzene rings is 1. The molecule has 23 heavy (non-hydrogen) atoms. The topological polar surface area (TPSA) is 95.3 Å². The van der Waals surface area contributed by atoms with E-state index in [0.717, 1.165) is 0 Å². The number of rotatable bonds is 5. The number of H-pyrrole nitrogens is 1. The summed E-state index contributed by atoms with van der Waals surface area (Å²) in [5.41, 5.74) is 1.53. The average molecular weight is 322 g/mol. The van der Waals surface area contributed by atoms with Crippen LogP contribution in [-0.4, -0.2) is 44.7 Å². The molecule has 0 unspecified atom stereocenters. The Morgan fingerprint density at radius 1 is 1.26 bits per heavy atom. The van der Waals surface area contributed by atoms with Gasteiger partial charge in [-0.15, -0.1) is 0 Å². The zero-order valence-electron chi connectivity index (χ0n) is 13.2. The highest BCUT2D eigenvalue weighted by Crippen LogP contribution is 2.29. The summed E-state index contributed by atoms with van der Waals surface area (Å²) in [6.07, 6.45) is 0.408. The average Bonchev–Trinajstić information content (AvgIpc) is 2.90. The van der Waals surface area contributed by atoms with Crippen LogP contribution in [0, 0.1) is 5.82 Å². The van der Waals surface area contributed by atoms with E-state index in [1.54, 1.807) is 6.07 Å². The van der Waals surface area contributed by atoms with E-state index in [2.05, 4.69) is 20.9 Å². The molecule has 1 aromatic carbocycles. The molecule has 2 rings (SSSR count). The molecule has 0 aliphatic rings. The number of ether oxygens (including phenoxy) is 1. The van der Waals surface area contributed by atoms with E-state index in [0.29, 0.717) is 35.1 Å². The van der Waals surface area contributed by atoms with Gasteiger partial charge in [0.2, 0.25) is 0 Å². The summed E-state index contributed by atoms with van der Waals surface area (Å²) < 4.78 is 18.8. The first kappa shape index (κ1) is 16.6. The molecule has 0 saturated carbocycles.